The summed E-state index contributed by atoms with van der Waals surface area (Å²) in [5.41, 5.74) is 2.09. The van der Waals surface area contributed by atoms with Crippen LogP contribution < -0.4 is 10.5 Å². The summed E-state index contributed by atoms with van der Waals surface area (Å²) in [6.07, 6.45) is 8.41. The Morgan fingerprint density at radius 3 is 2.55 bits per heavy atom. The molecule has 0 unspecified atom stereocenters. The number of thioether (sulfide) groups is 1. The number of hydrogen-bond donors (Lipinski definition) is 1. The summed E-state index contributed by atoms with van der Waals surface area (Å²) in [5.74, 6) is 0.127. The molecular weight excluding hydrogens is 544 g/mol. The molecule has 4 heterocycles. The molecule has 0 saturated carbocycles. The summed E-state index contributed by atoms with van der Waals surface area (Å²) in [7, 11) is 0. The summed E-state index contributed by atoms with van der Waals surface area (Å²) in [5, 5.41) is 8.83. The van der Waals surface area contributed by atoms with Gasteiger partial charge in [-0.2, -0.15) is 0 Å². The minimum absolute atomic E-state index is 0.115. The predicted molar refractivity (Wildman–Crippen MR) is 163 cm³/mol. The fourth-order valence-electron chi connectivity index (χ4n) is 5.30. The minimum atomic E-state index is -0.819. The lowest BCUT2D eigenvalue weighted by Crippen LogP contribution is -2.37. The highest BCUT2D eigenvalue weighted by Gasteiger charge is 2.33. The maximum Gasteiger partial charge on any atom is 0.303 e. The molecular formula is C30H32N4O4S2. The predicted octanol–water partition coefficient (Wildman–Crippen LogP) is 5.00. The molecule has 0 atom stereocenters. The number of aliphatic carboxylic acids is 1. The number of carboxylic acid groups (broad SMARTS) is 1. The fraction of sp³-hybridized carbons (Fsp3) is 0.367. The zero-order chi connectivity index (χ0) is 28.1. The van der Waals surface area contributed by atoms with E-state index in [2.05, 4.69) is 29.2 Å². The number of fused-ring (bicyclic) bond motifs is 1. The van der Waals surface area contributed by atoms with Gasteiger partial charge in [-0.1, -0.05) is 66.8 Å². The number of piperidine rings is 1. The van der Waals surface area contributed by atoms with Gasteiger partial charge >= 0.3 is 5.97 Å². The van der Waals surface area contributed by atoms with Crippen molar-refractivity contribution in [3.8, 4) is 0 Å². The first-order valence-corrected chi connectivity index (χ1v) is 14.9. The highest BCUT2D eigenvalue weighted by molar-refractivity contribution is 8.26. The molecule has 0 spiro atoms. The molecule has 2 fully saturated rings. The number of amides is 1. The topological polar surface area (TPSA) is 95.2 Å². The van der Waals surface area contributed by atoms with E-state index in [1.165, 1.54) is 21.7 Å². The number of hydrogen-bond acceptors (Lipinski definition) is 7. The van der Waals surface area contributed by atoms with E-state index in [9.17, 15) is 14.4 Å². The molecule has 2 aromatic heterocycles. The quantitative estimate of drug-likeness (QED) is 0.205. The van der Waals surface area contributed by atoms with Crippen molar-refractivity contribution >= 4 is 57.7 Å². The highest BCUT2D eigenvalue weighted by atomic mass is 32.2. The third-order valence-electron chi connectivity index (χ3n) is 7.45. The Bertz CT molecular complexity index is 1500. The third kappa shape index (κ3) is 6.45. The molecule has 40 heavy (non-hydrogen) atoms. The van der Waals surface area contributed by atoms with Gasteiger partial charge in [-0.3, -0.25) is 23.7 Å². The van der Waals surface area contributed by atoms with E-state index in [0.29, 0.717) is 58.0 Å². The number of benzene rings is 1. The normalized spacial score (nSPS) is 17.4. The molecule has 2 aliphatic rings. The maximum absolute atomic E-state index is 13.7. The number of carbonyl (C=O) groups is 2. The molecule has 2 aliphatic heterocycles. The Hall–Kier alpha value is -3.50. The van der Waals surface area contributed by atoms with Crippen molar-refractivity contribution in [3.05, 3.63) is 81.1 Å². The summed E-state index contributed by atoms with van der Waals surface area (Å²) in [6.45, 7) is 1.99. The number of nitrogens with zero attached hydrogens (tertiary/aromatic N) is 4. The Morgan fingerprint density at radius 2 is 1.80 bits per heavy atom. The summed E-state index contributed by atoms with van der Waals surface area (Å²) in [6, 6.07) is 16.0. The molecule has 8 nitrogen and oxygen atoms in total. The zero-order valence-corrected chi connectivity index (χ0v) is 23.8. The first-order valence-electron chi connectivity index (χ1n) is 13.7. The van der Waals surface area contributed by atoms with Crippen molar-refractivity contribution < 1.29 is 14.7 Å². The van der Waals surface area contributed by atoms with Gasteiger partial charge in [0.05, 0.1) is 10.5 Å². The van der Waals surface area contributed by atoms with Crippen molar-refractivity contribution in [1.29, 1.82) is 0 Å². The van der Waals surface area contributed by atoms with Crippen molar-refractivity contribution in [2.45, 2.75) is 44.9 Å². The van der Waals surface area contributed by atoms with Crippen LogP contribution in [0.1, 0.15) is 49.7 Å². The molecule has 0 bridgehead atoms. The number of thiocarbonyl (C=S) groups is 1. The largest absolute Gasteiger partial charge is 0.481 e. The molecule has 2 saturated heterocycles. The van der Waals surface area contributed by atoms with Crippen LogP contribution in [-0.2, 0) is 16.0 Å². The van der Waals surface area contributed by atoms with Gasteiger partial charge in [0.1, 0.15) is 15.8 Å². The number of carbonyl (C=O) groups excluding carboxylic acids is 1. The minimum Gasteiger partial charge on any atom is -0.481 e. The molecule has 3 aromatic rings. The zero-order valence-electron chi connectivity index (χ0n) is 22.2. The standard InChI is InChI=1S/C30H32N4O4S2/c35-26(36)12-5-2-7-16-34-29(38)24(40-30(34)39)20-23-27(31-25-11-6-8-15-33(25)28(23)37)32-17-13-22(14-18-32)19-21-9-3-1-4-10-21/h1,3-4,6,8-11,15,20,22H,2,5,7,12-14,16-19H2,(H,35,36)/b24-20-. The second kappa shape index (κ2) is 12.8. The van der Waals surface area contributed by atoms with E-state index in [4.69, 9.17) is 22.3 Å². The third-order valence-corrected chi connectivity index (χ3v) is 8.83. The lowest BCUT2D eigenvalue weighted by molar-refractivity contribution is -0.137. The van der Waals surface area contributed by atoms with Crippen molar-refractivity contribution in [2.24, 2.45) is 5.92 Å². The number of unbranched alkanes of at least 4 members (excludes halogenated alkanes) is 2. The average Bonchev–Trinajstić information content (AvgIpc) is 3.22. The SMILES string of the molecule is O=C(O)CCCCCN1C(=O)/C(=C/c2c(N3CCC(Cc4ccccc4)CC3)nc3ccccn3c2=O)SC1=S. The van der Waals surface area contributed by atoms with Crippen LogP contribution in [-0.4, -0.2) is 55.2 Å². The van der Waals surface area contributed by atoms with Crippen molar-refractivity contribution in [1.82, 2.24) is 14.3 Å². The van der Waals surface area contributed by atoms with Crippen LogP contribution >= 0.6 is 24.0 Å². The van der Waals surface area contributed by atoms with Gasteiger partial charge in [-0.15, -0.1) is 0 Å². The van der Waals surface area contributed by atoms with Gasteiger partial charge in [0.15, 0.2) is 0 Å². The molecule has 1 aromatic carbocycles. The number of anilines is 1. The fourth-order valence-corrected chi connectivity index (χ4v) is 6.59. The van der Waals surface area contributed by atoms with E-state index >= 15 is 0 Å². The van der Waals surface area contributed by atoms with Gasteiger partial charge in [0.2, 0.25) is 0 Å². The van der Waals surface area contributed by atoms with Crippen LogP contribution in [0.25, 0.3) is 11.7 Å². The van der Waals surface area contributed by atoms with Crippen LogP contribution in [0.15, 0.2) is 64.4 Å². The van der Waals surface area contributed by atoms with E-state index in [0.717, 1.165) is 32.4 Å². The molecule has 208 valence electrons. The Kier molecular flexibility index (Phi) is 8.96. The first-order chi connectivity index (χ1) is 19.4. The van der Waals surface area contributed by atoms with Crippen LogP contribution in [0.4, 0.5) is 5.82 Å². The Labute approximate surface area is 242 Å². The molecule has 5 rings (SSSR count). The van der Waals surface area contributed by atoms with E-state index in [1.54, 1.807) is 23.2 Å². The number of aromatic nitrogens is 2. The average molecular weight is 577 g/mol. The first kappa shape index (κ1) is 28.0. The smallest absolute Gasteiger partial charge is 0.303 e. The number of carboxylic acids is 1. The van der Waals surface area contributed by atoms with Gasteiger partial charge < -0.3 is 10.0 Å². The molecule has 0 radical (unpaired) electrons. The van der Waals surface area contributed by atoms with Crippen LogP contribution in [0.2, 0.25) is 0 Å². The van der Waals surface area contributed by atoms with Crippen LogP contribution in [0.3, 0.4) is 0 Å². The summed E-state index contributed by atoms with van der Waals surface area (Å²) in [4.78, 5) is 46.7. The van der Waals surface area contributed by atoms with Crippen LogP contribution in [0.5, 0.6) is 0 Å². The van der Waals surface area contributed by atoms with Gasteiger partial charge in [0.25, 0.3) is 11.5 Å². The Balaban J connectivity index is 1.36. The summed E-state index contributed by atoms with van der Waals surface area (Å²) >= 11 is 6.69. The second-order valence-electron chi connectivity index (χ2n) is 10.2. The van der Waals surface area contributed by atoms with Crippen molar-refractivity contribution in [2.75, 3.05) is 24.5 Å². The monoisotopic (exact) mass is 576 g/mol. The lowest BCUT2D eigenvalue weighted by atomic mass is 9.90. The van der Waals surface area contributed by atoms with Crippen molar-refractivity contribution in [3.63, 3.8) is 0 Å². The van der Waals surface area contributed by atoms with E-state index in [-0.39, 0.29) is 17.9 Å². The van der Waals surface area contributed by atoms with Crippen LogP contribution in [0, 0.1) is 5.92 Å². The molecule has 10 heteroatoms. The van der Waals surface area contributed by atoms with Gasteiger partial charge in [-0.25, -0.2) is 4.98 Å². The highest BCUT2D eigenvalue weighted by Crippen LogP contribution is 2.34. The van der Waals surface area contributed by atoms with Gasteiger partial charge in [-0.05, 0) is 61.8 Å². The molecule has 1 amide bonds. The molecule has 1 N–H and O–H groups in total. The summed E-state index contributed by atoms with van der Waals surface area (Å²) < 4.78 is 1.97. The van der Waals surface area contributed by atoms with E-state index in [1.807, 2.05) is 18.2 Å². The maximum atomic E-state index is 13.7. The second-order valence-corrected chi connectivity index (χ2v) is 11.9. The van der Waals surface area contributed by atoms with Gasteiger partial charge in [0, 0.05) is 32.3 Å². The number of rotatable bonds is 10. The number of pyridine rings is 1. The Morgan fingerprint density at radius 1 is 1.05 bits per heavy atom. The lowest BCUT2D eigenvalue weighted by Gasteiger charge is -2.33. The molecule has 0 aliphatic carbocycles. The van der Waals surface area contributed by atoms with E-state index < -0.39 is 5.97 Å².